The number of hydrogen-bond donors (Lipinski definition) is 1. The van der Waals surface area contributed by atoms with E-state index in [1.165, 1.54) is 7.11 Å². The molecule has 31 heavy (non-hydrogen) atoms. The average Bonchev–Trinajstić information content (AvgIpc) is 2.79. The number of rotatable bonds is 6. The fourth-order valence-electron chi connectivity index (χ4n) is 5.10. The summed E-state index contributed by atoms with van der Waals surface area (Å²) in [6, 6.07) is 0. The van der Waals surface area contributed by atoms with E-state index in [0.717, 1.165) is 0 Å². The number of esters is 3. The van der Waals surface area contributed by atoms with Crippen LogP contribution in [0.1, 0.15) is 77.0 Å². The summed E-state index contributed by atoms with van der Waals surface area (Å²) in [7, 11) is 1.39. The average molecular weight is 439 g/mol. The van der Waals surface area contributed by atoms with E-state index in [2.05, 4.69) is 0 Å². The van der Waals surface area contributed by atoms with Crippen molar-refractivity contribution in [1.29, 1.82) is 0 Å². The minimum absolute atomic E-state index is 0.116. The van der Waals surface area contributed by atoms with Gasteiger partial charge in [-0.05, 0) is 77.0 Å². The maximum absolute atomic E-state index is 12.5. The normalized spacial score (nSPS) is 33.7. The molecule has 3 rings (SSSR count). The van der Waals surface area contributed by atoms with Gasteiger partial charge in [0.2, 0.25) is 0 Å². The molecule has 0 atom stereocenters. The van der Waals surface area contributed by atoms with Crippen LogP contribution in [0.25, 0.3) is 0 Å². The Hall–Kier alpha value is -2.12. The van der Waals surface area contributed by atoms with E-state index in [9.17, 15) is 19.2 Å². The van der Waals surface area contributed by atoms with Gasteiger partial charge >= 0.3 is 23.9 Å². The highest BCUT2D eigenvalue weighted by molar-refractivity contribution is 5.75. The third-order valence-electron chi connectivity index (χ3n) is 7.19. The second-order valence-electron chi connectivity index (χ2n) is 9.23. The fourth-order valence-corrected chi connectivity index (χ4v) is 5.10. The molecule has 3 fully saturated rings. The molecule has 3 saturated carbocycles. The lowest BCUT2D eigenvalue weighted by molar-refractivity contribution is -0.163. The van der Waals surface area contributed by atoms with Crippen LogP contribution in [-0.2, 0) is 33.4 Å². The standard InChI is InChI=1S/C23H34O8/c1-29-21(26)15-2-4-16(5-3-15)22(27)31-19-12-8-17(9-13-19)23(28)30-18-10-6-14(7-11-18)20(24)25/h14-19H,2-13H2,1H3,(H,24,25). The van der Waals surface area contributed by atoms with Crippen LogP contribution in [0.15, 0.2) is 0 Å². The predicted octanol–water partition coefficient (Wildman–Crippen LogP) is 3.25. The number of ether oxygens (including phenoxy) is 3. The Kier molecular flexibility index (Phi) is 8.32. The zero-order valence-corrected chi connectivity index (χ0v) is 18.3. The molecular weight excluding hydrogens is 404 g/mol. The highest BCUT2D eigenvalue weighted by Gasteiger charge is 2.35. The quantitative estimate of drug-likeness (QED) is 0.496. The van der Waals surface area contributed by atoms with Crippen LogP contribution in [0.4, 0.5) is 0 Å². The van der Waals surface area contributed by atoms with Crippen LogP contribution in [-0.4, -0.2) is 48.3 Å². The van der Waals surface area contributed by atoms with Gasteiger partial charge in [0.1, 0.15) is 12.2 Å². The van der Waals surface area contributed by atoms with Gasteiger partial charge in [-0.15, -0.1) is 0 Å². The third kappa shape index (κ3) is 6.43. The summed E-state index contributed by atoms with van der Waals surface area (Å²) in [6.45, 7) is 0. The van der Waals surface area contributed by atoms with Gasteiger partial charge in [-0.25, -0.2) is 0 Å². The molecule has 0 saturated heterocycles. The Morgan fingerprint density at radius 3 is 1.23 bits per heavy atom. The first kappa shape index (κ1) is 23.5. The minimum Gasteiger partial charge on any atom is -0.481 e. The van der Waals surface area contributed by atoms with Gasteiger partial charge in [0, 0.05) is 0 Å². The van der Waals surface area contributed by atoms with E-state index in [-0.39, 0.29) is 53.8 Å². The number of carbonyl (C=O) groups is 4. The number of carboxylic acid groups (broad SMARTS) is 1. The van der Waals surface area contributed by atoms with Gasteiger partial charge < -0.3 is 19.3 Å². The summed E-state index contributed by atoms with van der Waals surface area (Å²) in [5, 5.41) is 9.06. The first-order chi connectivity index (χ1) is 14.9. The zero-order chi connectivity index (χ0) is 22.4. The van der Waals surface area contributed by atoms with Crippen molar-refractivity contribution in [2.24, 2.45) is 23.7 Å². The molecule has 0 spiro atoms. The van der Waals surface area contributed by atoms with Crippen LogP contribution in [0.5, 0.6) is 0 Å². The maximum Gasteiger partial charge on any atom is 0.309 e. The van der Waals surface area contributed by atoms with Crippen molar-refractivity contribution in [1.82, 2.24) is 0 Å². The van der Waals surface area contributed by atoms with Crippen molar-refractivity contribution in [3.05, 3.63) is 0 Å². The van der Waals surface area contributed by atoms with E-state index < -0.39 is 5.97 Å². The fraction of sp³-hybridized carbons (Fsp3) is 0.826. The van der Waals surface area contributed by atoms with Crippen LogP contribution >= 0.6 is 0 Å². The van der Waals surface area contributed by atoms with Crippen LogP contribution in [0.3, 0.4) is 0 Å². The lowest BCUT2D eigenvalue weighted by Gasteiger charge is -2.32. The van der Waals surface area contributed by atoms with Crippen LogP contribution < -0.4 is 0 Å². The van der Waals surface area contributed by atoms with Gasteiger partial charge in [-0.1, -0.05) is 0 Å². The summed E-state index contributed by atoms with van der Waals surface area (Å²) in [5.41, 5.74) is 0. The van der Waals surface area contributed by atoms with E-state index in [1.807, 2.05) is 0 Å². The largest absolute Gasteiger partial charge is 0.481 e. The monoisotopic (exact) mass is 438 g/mol. The summed E-state index contributed by atoms with van der Waals surface area (Å²) in [4.78, 5) is 47.6. The summed E-state index contributed by atoms with van der Waals surface area (Å²) in [5.74, 6) is -2.15. The molecule has 8 nitrogen and oxygen atoms in total. The number of methoxy groups -OCH3 is 1. The van der Waals surface area contributed by atoms with Gasteiger partial charge in [0.15, 0.2) is 0 Å². The smallest absolute Gasteiger partial charge is 0.309 e. The molecule has 8 heteroatoms. The first-order valence-corrected chi connectivity index (χ1v) is 11.6. The Labute approximate surface area is 183 Å². The Bertz CT molecular complexity index is 650. The molecule has 0 aromatic heterocycles. The predicted molar refractivity (Wildman–Crippen MR) is 109 cm³/mol. The van der Waals surface area contributed by atoms with E-state index >= 15 is 0 Å². The molecule has 174 valence electrons. The van der Waals surface area contributed by atoms with Gasteiger partial charge in [0.25, 0.3) is 0 Å². The van der Waals surface area contributed by atoms with Crippen molar-refractivity contribution < 1.29 is 38.5 Å². The third-order valence-corrected chi connectivity index (χ3v) is 7.19. The van der Waals surface area contributed by atoms with Crippen molar-refractivity contribution in [3.63, 3.8) is 0 Å². The lowest BCUT2D eigenvalue weighted by atomic mass is 9.82. The van der Waals surface area contributed by atoms with Crippen LogP contribution in [0.2, 0.25) is 0 Å². The number of carbonyl (C=O) groups excluding carboxylic acids is 3. The second kappa shape index (κ2) is 11.0. The molecule has 1 N–H and O–H groups in total. The SMILES string of the molecule is COC(=O)C1CCC(C(=O)OC2CCC(C(=O)OC3CCC(C(=O)O)CC3)CC2)CC1. The molecular formula is C23H34O8. The highest BCUT2D eigenvalue weighted by Crippen LogP contribution is 2.34. The molecule has 0 amide bonds. The Morgan fingerprint density at radius 1 is 0.548 bits per heavy atom. The van der Waals surface area contributed by atoms with Gasteiger partial charge in [-0.2, -0.15) is 0 Å². The van der Waals surface area contributed by atoms with Gasteiger partial charge in [0.05, 0.1) is 30.8 Å². The number of carboxylic acids is 1. The van der Waals surface area contributed by atoms with E-state index in [0.29, 0.717) is 77.0 Å². The van der Waals surface area contributed by atoms with E-state index in [4.69, 9.17) is 19.3 Å². The zero-order valence-electron chi connectivity index (χ0n) is 18.3. The first-order valence-electron chi connectivity index (χ1n) is 11.6. The molecule has 3 aliphatic rings. The van der Waals surface area contributed by atoms with Crippen molar-refractivity contribution in [2.45, 2.75) is 89.3 Å². The molecule has 0 heterocycles. The Morgan fingerprint density at radius 2 is 0.871 bits per heavy atom. The molecule has 0 bridgehead atoms. The minimum atomic E-state index is -0.769. The molecule has 0 unspecified atom stereocenters. The topological polar surface area (TPSA) is 116 Å². The van der Waals surface area contributed by atoms with Crippen molar-refractivity contribution >= 4 is 23.9 Å². The second-order valence-corrected chi connectivity index (χ2v) is 9.23. The summed E-state index contributed by atoms with van der Waals surface area (Å²) >= 11 is 0. The molecule has 0 aliphatic heterocycles. The number of aliphatic carboxylic acids is 1. The highest BCUT2D eigenvalue weighted by atomic mass is 16.6. The van der Waals surface area contributed by atoms with Crippen molar-refractivity contribution in [3.8, 4) is 0 Å². The van der Waals surface area contributed by atoms with E-state index in [1.54, 1.807) is 0 Å². The summed E-state index contributed by atoms with van der Waals surface area (Å²) in [6.07, 6.45) is 7.13. The molecule has 0 aromatic rings. The molecule has 0 aromatic carbocycles. The van der Waals surface area contributed by atoms with Gasteiger partial charge in [-0.3, -0.25) is 19.2 Å². The van der Waals surface area contributed by atoms with Crippen molar-refractivity contribution in [2.75, 3.05) is 7.11 Å². The molecule has 3 aliphatic carbocycles. The van der Waals surface area contributed by atoms with Crippen LogP contribution in [0, 0.1) is 23.7 Å². The Balaban J connectivity index is 1.34. The summed E-state index contributed by atoms with van der Waals surface area (Å²) < 4.78 is 16.1. The number of hydrogen-bond acceptors (Lipinski definition) is 7. The maximum atomic E-state index is 12.5. The molecule has 0 radical (unpaired) electrons. The lowest BCUT2D eigenvalue weighted by Crippen LogP contribution is -2.34.